The number of hydrogen-bond donors (Lipinski definition) is 1. The van der Waals surface area contributed by atoms with Crippen molar-refractivity contribution in [2.24, 2.45) is 0 Å². The SMILES string of the molecule is CCCCCN(C)C1COc2ccccc2C1O. The van der Waals surface area contributed by atoms with E-state index in [1.807, 2.05) is 24.3 Å². The van der Waals surface area contributed by atoms with Crippen LogP contribution in [0.15, 0.2) is 24.3 Å². The lowest BCUT2D eigenvalue weighted by Gasteiger charge is -2.36. The van der Waals surface area contributed by atoms with Gasteiger partial charge in [0, 0.05) is 5.56 Å². The van der Waals surface area contributed by atoms with Gasteiger partial charge in [0.05, 0.1) is 6.04 Å². The second kappa shape index (κ2) is 6.21. The van der Waals surface area contributed by atoms with Gasteiger partial charge in [0.1, 0.15) is 18.5 Å². The van der Waals surface area contributed by atoms with Gasteiger partial charge in [-0.05, 0) is 26.1 Å². The van der Waals surface area contributed by atoms with Crippen LogP contribution in [0.1, 0.15) is 37.9 Å². The Bertz CT molecular complexity index is 381. The maximum atomic E-state index is 10.4. The smallest absolute Gasteiger partial charge is 0.125 e. The molecule has 3 heteroatoms. The summed E-state index contributed by atoms with van der Waals surface area (Å²) >= 11 is 0. The molecule has 18 heavy (non-hydrogen) atoms. The minimum absolute atomic E-state index is 0.0664. The second-order valence-corrected chi connectivity index (χ2v) is 5.05. The normalized spacial score (nSPS) is 22.7. The lowest BCUT2D eigenvalue weighted by Crippen LogP contribution is -2.44. The molecule has 0 aromatic heterocycles. The van der Waals surface area contributed by atoms with Crippen molar-refractivity contribution in [3.05, 3.63) is 29.8 Å². The van der Waals surface area contributed by atoms with Crippen LogP contribution in [0.4, 0.5) is 0 Å². The van der Waals surface area contributed by atoms with Crippen LogP contribution in [0, 0.1) is 0 Å². The van der Waals surface area contributed by atoms with Crippen LogP contribution in [0.2, 0.25) is 0 Å². The number of para-hydroxylation sites is 1. The van der Waals surface area contributed by atoms with Gasteiger partial charge in [-0.25, -0.2) is 0 Å². The Morgan fingerprint density at radius 1 is 1.33 bits per heavy atom. The summed E-state index contributed by atoms with van der Waals surface area (Å²) in [5.41, 5.74) is 0.913. The van der Waals surface area contributed by atoms with Crippen LogP contribution in [-0.2, 0) is 0 Å². The first kappa shape index (κ1) is 13.4. The molecule has 0 aliphatic carbocycles. The zero-order valence-corrected chi connectivity index (χ0v) is 11.3. The van der Waals surface area contributed by atoms with Crippen LogP contribution in [0.25, 0.3) is 0 Å². The second-order valence-electron chi connectivity index (χ2n) is 5.05. The van der Waals surface area contributed by atoms with E-state index in [9.17, 15) is 5.11 Å². The average Bonchev–Trinajstić information content (AvgIpc) is 2.39. The lowest BCUT2D eigenvalue weighted by molar-refractivity contribution is 0.0145. The van der Waals surface area contributed by atoms with Gasteiger partial charge in [-0.15, -0.1) is 0 Å². The predicted molar refractivity (Wildman–Crippen MR) is 72.8 cm³/mol. The Kier molecular flexibility index (Phi) is 4.61. The van der Waals surface area contributed by atoms with Crippen LogP contribution < -0.4 is 4.74 Å². The Labute approximate surface area is 109 Å². The third-order valence-electron chi connectivity index (χ3n) is 3.69. The molecule has 100 valence electrons. The van der Waals surface area contributed by atoms with E-state index in [4.69, 9.17) is 4.74 Å². The molecule has 0 spiro atoms. The maximum absolute atomic E-state index is 10.4. The molecule has 0 amide bonds. The summed E-state index contributed by atoms with van der Waals surface area (Å²) in [4.78, 5) is 2.22. The van der Waals surface area contributed by atoms with Crippen LogP contribution in [-0.4, -0.2) is 36.2 Å². The van der Waals surface area contributed by atoms with E-state index >= 15 is 0 Å². The van der Waals surface area contributed by atoms with Crippen molar-refractivity contribution in [3.63, 3.8) is 0 Å². The topological polar surface area (TPSA) is 32.7 Å². The van der Waals surface area contributed by atoms with E-state index < -0.39 is 6.10 Å². The molecule has 2 atom stereocenters. The fourth-order valence-electron chi connectivity index (χ4n) is 2.48. The third-order valence-corrected chi connectivity index (χ3v) is 3.69. The van der Waals surface area contributed by atoms with E-state index in [1.54, 1.807) is 0 Å². The number of rotatable bonds is 5. The van der Waals surface area contributed by atoms with E-state index in [-0.39, 0.29) is 6.04 Å². The summed E-state index contributed by atoms with van der Waals surface area (Å²) in [6.07, 6.45) is 3.20. The van der Waals surface area contributed by atoms with Gasteiger partial charge in [0.25, 0.3) is 0 Å². The van der Waals surface area contributed by atoms with Gasteiger partial charge in [0.15, 0.2) is 0 Å². The monoisotopic (exact) mass is 249 g/mol. The molecule has 0 saturated heterocycles. The first-order chi connectivity index (χ1) is 8.74. The quantitative estimate of drug-likeness (QED) is 0.814. The molecule has 1 aliphatic rings. The van der Waals surface area contributed by atoms with Gasteiger partial charge in [-0.1, -0.05) is 38.0 Å². The summed E-state index contributed by atoms with van der Waals surface area (Å²) < 4.78 is 5.73. The standard InChI is InChI=1S/C15H23NO2/c1-3-4-7-10-16(2)13-11-18-14-9-6-5-8-12(14)15(13)17/h5-6,8-9,13,15,17H,3-4,7,10-11H2,1-2H3. The number of aliphatic hydroxyl groups is 1. The Hall–Kier alpha value is -1.06. The van der Waals surface area contributed by atoms with E-state index in [0.717, 1.165) is 17.9 Å². The Morgan fingerprint density at radius 3 is 2.89 bits per heavy atom. The Balaban J connectivity index is 2.00. The van der Waals surface area contributed by atoms with Crippen LogP contribution in [0.3, 0.4) is 0 Å². The van der Waals surface area contributed by atoms with Crippen molar-refractivity contribution in [2.75, 3.05) is 20.2 Å². The molecule has 1 aromatic carbocycles. The molecule has 1 N–H and O–H groups in total. The highest BCUT2D eigenvalue weighted by molar-refractivity contribution is 5.37. The third kappa shape index (κ3) is 2.85. The van der Waals surface area contributed by atoms with Crippen LogP contribution >= 0.6 is 0 Å². The highest BCUT2D eigenvalue weighted by atomic mass is 16.5. The van der Waals surface area contributed by atoms with Crippen molar-refractivity contribution in [1.29, 1.82) is 0 Å². The number of hydrogen-bond acceptors (Lipinski definition) is 3. The van der Waals surface area contributed by atoms with Crippen molar-refractivity contribution < 1.29 is 9.84 Å². The van der Waals surface area contributed by atoms with Crippen LogP contribution in [0.5, 0.6) is 5.75 Å². The molecule has 1 heterocycles. The summed E-state index contributed by atoms with van der Waals surface area (Å²) in [7, 11) is 2.07. The van der Waals surface area contributed by atoms with E-state index in [2.05, 4.69) is 18.9 Å². The zero-order valence-electron chi connectivity index (χ0n) is 11.3. The minimum Gasteiger partial charge on any atom is -0.491 e. The number of aliphatic hydroxyl groups excluding tert-OH is 1. The van der Waals surface area contributed by atoms with Gasteiger partial charge in [-0.2, -0.15) is 0 Å². The molecule has 1 aliphatic heterocycles. The van der Waals surface area contributed by atoms with E-state index in [0.29, 0.717) is 6.61 Å². The highest BCUT2D eigenvalue weighted by Crippen LogP contribution is 2.33. The number of likely N-dealkylation sites (N-methyl/N-ethyl adjacent to an activating group) is 1. The number of nitrogens with zero attached hydrogens (tertiary/aromatic N) is 1. The molecule has 0 radical (unpaired) electrons. The summed E-state index contributed by atoms with van der Waals surface area (Å²) in [5, 5.41) is 10.4. The Morgan fingerprint density at radius 2 is 2.11 bits per heavy atom. The number of ether oxygens (including phenoxy) is 1. The predicted octanol–water partition coefficient (Wildman–Crippen LogP) is 2.60. The molecule has 2 unspecified atom stereocenters. The van der Waals surface area contributed by atoms with Gasteiger partial charge < -0.3 is 9.84 Å². The molecule has 0 saturated carbocycles. The first-order valence-electron chi connectivity index (χ1n) is 6.84. The number of unbranched alkanes of at least 4 members (excludes halogenated alkanes) is 2. The fourth-order valence-corrected chi connectivity index (χ4v) is 2.48. The van der Waals surface area contributed by atoms with E-state index in [1.165, 1.54) is 19.3 Å². The van der Waals surface area contributed by atoms with Crippen molar-refractivity contribution in [3.8, 4) is 5.75 Å². The fraction of sp³-hybridized carbons (Fsp3) is 0.600. The molecule has 3 nitrogen and oxygen atoms in total. The molecular weight excluding hydrogens is 226 g/mol. The minimum atomic E-state index is -0.443. The lowest BCUT2D eigenvalue weighted by atomic mass is 9.98. The number of benzene rings is 1. The molecule has 2 rings (SSSR count). The van der Waals surface area contributed by atoms with Gasteiger partial charge in [0.2, 0.25) is 0 Å². The summed E-state index contributed by atoms with van der Waals surface area (Å²) in [6, 6.07) is 7.83. The molecule has 0 bridgehead atoms. The molecule has 0 fully saturated rings. The van der Waals surface area contributed by atoms with Gasteiger partial charge >= 0.3 is 0 Å². The summed E-state index contributed by atoms with van der Waals surface area (Å²) in [5.74, 6) is 0.822. The summed E-state index contributed by atoms with van der Waals surface area (Å²) in [6.45, 7) is 3.79. The molecular formula is C15H23NO2. The van der Waals surface area contributed by atoms with Crippen molar-refractivity contribution in [1.82, 2.24) is 4.90 Å². The highest BCUT2D eigenvalue weighted by Gasteiger charge is 2.31. The molecule has 1 aromatic rings. The first-order valence-corrected chi connectivity index (χ1v) is 6.84. The van der Waals surface area contributed by atoms with Crippen molar-refractivity contribution in [2.45, 2.75) is 38.3 Å². The van der Waals surface area contributed by atoms with Gasteiger partial charge in [-0.3, -0.25) is 4.90 Å². The number of fused-ring (bicyclic) bond motifs is 1. The largest absolute Gasteiger partial charge is 0.491 e. The maximum Gasteiger partial charge on any atom is 0.125 e. The average molecular weight is 249 g/mol. The zero-order chi connectivity index (χ0) is 13.0. The van der Waals surface area contributed by atoms with Crippen molar-refractivity contribution >= 4 is 0 Å².